The number of aryl methyl sites for hydroxylation is 3. The third kappa shape index (κ3) is 7.40. The molecule has 0 aliphatic heterocycles. The summed E-state index contributed by atoms with van der Waals surface area (Å²) >= 11 is 0. The summed E-state index contributed by atoms with van der Waals surface area (Å²) in [6.45, 7) is 11.1. The molecule has 0 aliphatic carbocycles. The number of carbonyl (C=O) groups excluding carboxylic acids is 3. The van der Waals surface area contributed by atoms with Crippen molar-refractivity contribution in [3.05, 3.63) is 64.9 Å². The summed E-state index contributed by atoms with van der Waals surface area (Å²) in [5, 5.41) is 9.41. The molecule has 0 spiro atoms. The summed E-state index contributed by atoms with van der Waals surface area (Å²) in [5.74, 6) is 0.339. The highest BCUT2D eigenvalue weighted by molar-refractivity contribution is 6.04. The number of nitrogens with zero attached hydrogens (tertiary/aromatic N) is 2. The Hall–Kier alpha value is -4.34. The van der Waals surface area contributed by atoms with Crippen LogP contribution in [0.25, 0.3) is 0 Å². The number of anilines is 2. The molecular formula is C30H38N4O6. The number of ether oxygens (including phenoxy) is 2. The molecule has 2 aromatic carbocycles. The van der Waals surface area contributed by atoms with E-state index in [0.29, 0.717) is 28.5 Å². The lowest BCUT2D eigenvalue weighted by Crippen LogP contribution is -2.49. The second-order valence-corrected chi connectivity index (χ2v) is 10.6. The number of aromatic nitrogens is 1. The zero-order valence-electron chi connectivity index (χ0n) is 24.4. The molecule has 1 atom stereocenters. The normalized spacial score (nSPS) is 11.9. The van der Waals surface area contributed by atoms with E-state index in [9.17, 15) is 14.4 Å². The van der Waals surface area contributed by atoms with Gasteiger partial charge in [0.2, 0.25) is 17.7 Å². The van der Waals surface area contributed by atoms with E-state index in [1.165, 1.54) is 19.1 Å². The van der Waals surface area contributed by atoms with Gasteiger partial charge < -0.3 is 24.6 Å². The fourth-order valence-corrected chi connectivity index (χ4v) is 4.43. The Labute approximate surface area is 235 Å². The highest BCUT2D eigenvalue weighted by Crippen LogP contribution is 2.40. The molecule has 3 amide bonds. The third-order valence-corrected chi connectivity index (χ3v) is 6.07. The number of carbonyl (C=O) groups is 3. The summed E-state index contributed by atoms with van der Waals surface area (Å²) in [6.07, 6.45) is -0.295. The van der Waals surface area contributed by atoms with Gasteiger partial charge in [0.1, 0.15) is 11.8 Å². The van der Waals surface area contributed by atoms with Crippen molar-refractivity contribution in [1.29, 1.82) is 0 Å². The van der Waals surface area contributed by atoms with Gasteiger partial charge in [-0.25, -0.2) is 0 Å². The van der Waals surface area contributed by atoms with E-state index < -0.39 is 29.3 Å². The molecule has 1 heterocycles. The van der Waals surface area contributed by atoms with Crippen molar-refractivity contribution in [1.82, 2.24) is 10.5 Å². The van der Waals surface area contributed by atoms with Crippen molar-refractivity contribution in [3.63, 3.8) is 0 Å². The van der Waals surface area contributed by atoms with Crippen molar-refractivity contribution < 1.29 is 28.4 Å². The number of rotatable bonds is 10. The standard InChI is InChI=1S/C30H38N4O6/c1-18-12-13-22(19(2)16-18)34(26(36)15-14-25(35)31-24-17-20(3)40-33-24)27(29(37)32-30(4,5)6)21-10-9-11-23(38-7)28(21)39-8/h9-13,16-17,27H,14-15H2,1-8H3,(H,32,37)(H,31,33,35)/t27-/m1/s1. The molecule has 40 heavy (non-hydrogen) atoms. The van der Waals surface area contributed by atoms with Crippen LogP contribution in [0, 0.1) is 20.8 Å². The molecule has 0 saturated carbocycles. The van der Waals surface area contributed by atoms with Crippen LogP contribution in [-0.4, -0.2) is 42.6 Å². The minimum Gasteiger partial charge on any atom is -0.493 e. The van der Waals surface area contributed by atoms with E-state index >= 15 is 0 Å². The summed E-state index contributed by atoms with van der Waals surface area (Å²) in [7, 11) is 2.99. The monoisotopic (exact) mass is 550 g/mol. The van der Waals surface area contributed by atoms with Gasteiger partial charge in [-0.3, -0.25) is 19.3 Å². The maximum Gasteiger partial charge on any atom is 0.248 e. The van der Waals surface area contributed by atoms with Crippen LogP contribution in [0.5, 0.6) is 11.5 Å². The molecule has 10 nitrogen and oxygen atoms in total. The van der Waals surface area contributed by atoms with Crippen LogP contribution in [0.3, 0.4) is 0 Å². The first-order valence-corrected chi connectivity index (χ1v) is 13.0. The maximum absolute atomic E-state index is 14.0. The van der Waals surface area contributed by atoms with E-state index in [4.69, 9.17) is 14.0 Å². The number of para-hydroxylation sites is 1. The SMILES string of the molecule is COc1cccc([C@H](C(=O)NC(C)(C)C)N(C(=O)CCC(=O)Nc2cc(C)on2)c2ccc(C)cc2C)c1OC. The van der Waals surface area contributed by atoms with Crippen molar-refractivity contribution in [2.75, 3.05) is 24.4 Å². The van der Waals surface area contributed by atoms with Crippen molar-refractivity contribution in [3.8, 4) is 11.5 Å². The summed E-state index contributed by atoms with van der Waals surface area (Å²) in [4.78, 5) is 42.2. The summed E-state index contributed by atoms with van der Waals surface area (Å²) < 4.78 is 16.2. The molecule has 0 saturated heterocycles. The van der Waals surface area contributed by atoms with E-state index in [1.54, 1.807) is 31.2 Å². The lowest BCUT2D eigenvalue weighted by atomic mass is 9.97. The molecule has 0 bridgehead atoms. The van der Waals surface area contributed by atoms with Gasteiger partial charge in [-0.05, 0) is 59.2 Å². The second-order valence-electron chi connectivity index (χ2n) is 10.6. The number of methoxy groups -OCH3 is 2. The molecule has 3 aromatic rings. The quantitative estimate of drug-likeness (QED) is 0.363. The average molecular weight is 551 g/mol. The van der Waals surface area contributed by atoms with Crippen molar-refractivity contribution in [2.45, 2.75) is 66.0 Å². The Morgan fingerprint density at radius 1 is 1.00 bits per heavy atom. The van der Waals surface area contributed by atoms with E-state index in [0.717, 1.165) is 11.1 Å². The number of hydrogen-bond donors (Lipinski definition) is 2. The number of benzene rings is 2. The van der Waals surface area contributed by atoms with Gasteiger partial charge in [-0.15, -0.1) is 0 Å². The van der Waals surface area contributed by atoms with Crippen molar-refractivity contribution >= 4 is 29.2 Å². The molecule has 1 aromatic heterocycles. The lowest BCUT2D eigenvalue weighted by Gasteiger charge is -2.35. The van der Waals surface area contributed by atoms with Crippen LogP contribution in [0.1, 0.15) is 62.1 Å². The number of amides is 3. The van der Waals surface area contributed by atoms with Crippen LogP contribution >= 0.6 is 0 Å². The van der Waals surface area contributed by atoms with Gasteiger partial charge in [0.15, 0.2) is 17.3 Å². The minimum absolute atomic E-state index is 0.130. The molecule has 3 rings (SSSR count). The molecule has 0 unspecified atom stereocenters. The molecule has 10 heteroatoms. The van der Waals surface area contributed by atoms with Crippen molar-refractivity contribution in [2.24, 2.45) is 0 Å². The third-order valence-electron chi connectivity index (χ3n) is 6.07. The Morgan fingerprint density at radius 2 is 1.73 bits per heavy atom. The molecule has 0 radical (unpaired) electrons. The van der Waals surface area contributed by atoms with E-state index in [-0.39, 0.29) is 18.7 Å². The smallest absolute Gasteiger partial charge is 0.248 e. The Morgan fingerprint density at radius 3 is 2.30 bits per heavy atom. The largest absolute Gasteiger partial charge is 0.493 e. The summed E-state index contributed by atoms with van der Waals surface area (Å²) in [6, 6.07) is 11.3. The maximum atomic E-state index is 14.0. The van der Waals surface area contributed by atoms with Crippen LogP contribution in [-0.2, 0) is 14.4 Å². The van der Waals surface area contributed by atoms with Crippen LogP contribution in [0.15, 0.2) is 47.0 Å². The fourth-order valence-electron chi connectivity index (χ4n) is 4.43. The van der Waals surface area contributed by atoms with Gasteiger partial charge in [0.05, 0.1) is 14.2 Å². The first kappa shape index (κ1) is 30.2. The molecule has 0 aliphatic rings. The van der Waals surface area contributed by atoms with Crippen LogP contribution < -0.4 is 25.0 Å². The van der Waals surface area contributed by atoms with Crippen LogP contribution in [0.4, 0.5) is 11.5 Å². The van der Waals surface area contributed by atoms with Gasteiger partial charge in [0.25, 0.3) is 0 Å². The Kier molecular flexibility index (Phi) is 9.57. The van der Waals surface area contributed by atoms with Gasteiger partial charge in [-0.2, -0.15) is 0 Å². The highest BCUT2D eigenvalue weighted by atomic mass is 16.5. The number of hydrogen-bond acceptors (Lipinski definition) is 7. The minimum atomic E-state index is -1.13. The molecule has 0 fully saturated rings. The Balaban J connectivity index is 2.10. The summed E-state index contributed by atoms with van der Waals surface area (Å²) in [5.41, 5.74) is 2.20. The predicted octanol–water partition coefficient (Wildman–Crippen LogP) is 5.02. The lowest BCUT2D eigenvalue weighted by molar-refractivity contribution is -0.128. The second kappa shape index (κ2) is 12.7. The highest BCUT2D eigenvalue weighted by Gasteiger charge is 2.37. The fraction of sp³-hybridized carbons (Fsp3) is 0.400. The predicted molar refractivity (Wildman–Crippen MR) is 153 cm³/mol. The molecular weight excluding hydrogens is 512 g/mol. The zero-order chi connectivity index (χ0) is 29.6. The topological polar surface area (TPSA) is 123 Å². The number of nitrogens with one attached hydrogen (secondary N) is 2. The van der Waals surface area contributed by atoms with Gasteiger partial charge in [-0.1, -0.05) is 35.0 Å². The molecule has 214 valence electrons. The van der Waals surface area contributed by atoms with Gasteiger partial charge in [0, 0.05) is 35.7 Å². The molecule has 2 N–H and O–H groups in total. The van der Waals surface area contributed by atoms with Crippen LogP contribution in [0.2, 0.25) is 0 Å². The van der Waals surface area contributed by atoms with E-state index in [2.05, 4.69) is 15.8 Å². The van der Waals surface area contributed by atoms with Gasteiger partial charge >= 0.3 is 0 Å². The Bertz CT molecular complexity index is 1370. The first-order chi connectivity index (χ1) is 18.8. The first-order valence-electron chi connectivity index (χ1n) is 13.0. The zero-order valence-corrected chi connectivity index (χ0v) is 24.4. The average Bonchev–Trinajstić information content (AvgIpc) is 3.28. The van der Waals surface area contributed by atoms with E-state index in [1.807, 2.05) is 52.8 Å².